The number of hydrogen-bond acceptors (Lipinski definition) is 2. The highest BCUT2D eigenvalue weighted by Gasteiger charge is 2.46. The Bertz CT molecular complexity index is 498. The number of aryl methyl sites for hydroxylation is 1. The molecule has 1 atom stereocenters. The Balaban J connectivity index is 1.89. The van der Waals surface area contributed by atoms with Gasteiger partial charge in [0.1, 0.15) is 0 Å². The lowest BCUT2D eigenvalue weighted by Crippen LogP contribution is -2.53. The molecule has 2 heterocycles. The molecule has 1 aliphatic heterocycles. The Morgan fingerprint density at radius 1 is 1.33 bits per heavy atom. The predicted molar refractivity (Wildman–Crippen MR) is 83.7 cm³/mol. The number of aromatic nitrogens is 1. The summed E-state index contributed by atoms with van der Waals surface area (Å²) in [6, 6.07) is 4.46. The molecule has 1 aliphatic carbocycles. The fraction of sp³-hybridized carbons (Fsp3) is 0.706. The highest BCUT2D eigenvalue weighted by molar-refractivity contribution is 5.84. The smallest absolute Gasteiger partial charge is 0.230 e. The summed E-state index contributed by atoms with van der Waals surface area (Å²) >= 11 is 0. The molecule has 4 heteroatoms. The minimum Gasteiger partial charge on any atom is -0.353 e. The van der Waals surface area contributed by atoms with Gasteiger partial charge < -0.3 is 15.2 Å². The minimum atomic E-state index is -0.256. The van der Waals surface area contributed by atoms with E-state index in [9.17, 15) is 4.79 Å². The van der Waals surface area contributed by atoms with Crippen LogP contribution in [0, 0.1) is 5.41 Å². The Morgan fingerprint density at radius 2 is 2.14 bits per heavy atom. The SMILES string of the molecule is Cn1cccc1C1CCCCCN1C(=O)C1(CN)CCC1. The maximum absolute atomic E-state index is 13.1. The third-order valence-electron chi connectivity index (χ3n) is 5.49. The van der Waals surface area contributed by atoms with Gasteiger partial charge in [0.15, 0.2) is 0 Å². The second kappa shape index (κ2) is 5.84. The van der Waals surface area contributed by atoms with E-state index in [0.717, 1.165) is 38.6 Å². The molecular weight excluding hydrogens is 262 g/mol. The van der Waals surface area contributed by atoms with Crippen LogP contribution in [0.5, 0.6) is 0 Å². The van der Waals surface area contributed by atoms with Crippen molar-refractivity contribution >= 4 is 5.91 Å². The molecule has 1 aromatic rings. The van der Waals surface area contributed by atoms with E-state index in [1.54, 1.807) is 0 Å². The Morgan fingerprint density at radius 3 is 2.71 bits per heavy atom. The van der Waals surface area contributed by atoms with E-state index in [2.05, 4.69) is 34.8 Å². The quantitative estimate of drug-likeness (QED) is 0.930. The summed E-state index contributed by atoms with van der Waals surface area (Å²) in [6.07, 6.45) is 9.78. The van der Waals surface area contributed by atoms with Gasteiger partial charge in [-0.05, 0) is 37.8 Å². The molecular formula is C17H27N3O. The molecule has 1 unspecified atom stereocenters. The Kier molecular flexibility index (Phi) is 4.07. The topological polar surface area (TPSA) is 51.3 Å². The van der Waals surface area contributed by atoms with Gasteiger partial charge >= 0.3 is 0 Å². The maximum Gasteiger partial charge on any atom is 0.230 e. The first kappa shape index (κ1) is 14.6. The van der Waals surface area contributed by atoms with Crippen LogP contribution in [0.2, 0.25) is 0 Å². The number of rotatable bonds is 3. The van der Waals surface area contributed by atoms with Crippen LogP contribution >= 0.6 is 0 Å². The normalized spacial score (nSPS) is 25.2. The molecule has 0 radical (unpaired) electrons. The van der Waals surface area contributed by atoms with Crippen LogP contribution in [0.4, 0.5) is 0 Å². The van der Waals surface area contributed by atoms with Crippen molar-refractivity contribution in [2.75, 3.05) is 13.1 Å². The van der Waals surface area contributed by atoms with Gasteiger partial charge in [-0.25, -0.2) is 0 Å². The summed E-state index contributed by atoms with van der Waals surface area (Å²) in [5.41, 5.74) is 6.96. The standard InChI is InChI=1S/C17H27N3O/c1-19-11-5-8-14(19)15-7-3-2-4-12-20(15)16(21)17(13-18)9-6-10-17/h5,8,11,15H,2-4,6-7,9-10,12-13,18H2,1H3. The van der Waals surface area contributed by atoms with E-state index in [4.69, 9.17) is 5.73 Å². The van der Waals surface area contributed by atoms with Crippen LogP contribution in [0.1, 0.15) is 56.7 Å². The van der Waals surface area contributed by atoms with E-state index >= 15 is 0 Å². The number of carbonyl (C=O) groups excluding carboxylic acids is 1. The van der Waals surface area contributed by atoms with Crippen LogP contribution in [-0.4, -0.2) is 28.5 Å². The molecule has 116 valence electrons. The second-order valence-electron chi connectivity index (χ2n) is 6.75. The highest BCUT2D eigenvalue weighted by Crippen LogP contribution is 2.44. The molecule has 0 aromatic carbocycles. The molecule has 2 N–H and O–H groups in total. The number of carbonyl (C=O) groups is 1. The fourth-order valence-electron chi connectivity index (χ4n) is 3.89. The van der Waals surface area contributed by atoms with Gasteiger partial charge in [0.25, 0.3) is 0 Å². The first-order valence-corrected chi connectivity index (χ1v) is 8.30. The van der Waals surface area contributed by atoms with Crippen molar-refractivity contribution in [1.82, 2.24) is 9.47 Å². The lowest BCUT2D eigenvalue weighted by atomic mass is 9.67. The lowest BCUT2D eigenvalue weighted by Gasteiger charge is -2.44. The van der Waals surface area contributed by atoms with Crippen molar-refractivity contribution in [3.8, 4) is 0 Å². The van der Waals surface area contributed by atoms with E-state index in [1.165, 1.54) is 18.5 Å². The zero-order chi connectivity index (χ0) is 14.9. The summed E-state index contributed by atoms with van der Waals surface area (Å²) in [6.45, 7) is 1.39. The van der Waals surface area contributed by atoms with Gasteiger partial charge in [0, 0.05) is 32.0 Å². The molecule has 1 saturated carbocycles. The van der Waals surface area contributed by atoms with Crippen molar-refractivity contribution in [3.05, 3.63) is 24.0 Å². The van der Waals surface area contributed by atoms with Crippen LogP contribution in [-0.2, 0) is 11.8 Å². The van der Waals surface area contributed by atoms with Crippen molar-refractivity contribution in [1.29, 1.82) is 0 Å². The lowest BCUT2D eigenvalue weighted by molar-refractivity contribution is -0.149. The summed E-state index contributed by atoms with van der Waals surface area (Å²) in [5, 5.41) is 0. The summed E-state index contributed by atoms with van der Waals surface area (Å²) in [4.78, 5) is 15.3. The molecule has 0 bridgehead atoms. The van der Waals surface area contributed by atoms with Gasteiger partial charge in [0.2, 0.25) is 5.91 Å². The average molecular weight is 289 g/mol. The predicted octanol–water partition coefficient (Wildman–Crippen LogP) is 2.60. The van der Waals surface area contributed by atoms with Gasteiger partial charge in [-0.15, -0.1) is 0 Å². The first-order valence-electron chi connectivity index (χ1n) is 8.30. The molecule has 21 heavy (non-hydrogen) atoms. The molecule has 4 nitrogen and oxygen atoms in total. The zero-order valence-corrected chi connectivity index (χ0v) is 13.1. The largest absolute Gasteiger partial charge is 0.353 e. The molecule has 1 aromatic heterocycles. The van der Waals surface area contributed by atoms with Crippen LogP contribution in [0.3, 0.4) is 0 Å². The second-order valence-corrected chi connectivity index (χ2v) is 6.75. The van der Waals surface area contributed by atoms with Crippen LogP contribution in [0.15, 0.2) is 18.3 Å². The molecule has 1 amide bonds. The zero-order valence-electron chi connectivity index (χ0n) is 13.1. The summed E-state index contributed by atoms with van der Waals surface area (Å²) in [5.74, 6) is 0.310. The Hall–Kier alpha value is -1.29. The van der Waals surface area contributed by atoms with Gasteiger partial charge in [-0.1, -0.05) is 19.3 Å². The van der Waals surface area contributed by atoms with Crippen molar-refractivity contribution in [2.45, 2.75) is 51.0 Å². The van der Waals surface area contributed by atoms with Gasteiger partial charge in [0.05, 0.1) is 11.5 Å². The van der Waals surface area contributed by atoms with Crippen LogP contribution in [0.25, 0.3) is 0 Å². The molecule has 3 rings (SSSR count). The molecule has 1 saturated heterocycles. The maximum atomic E-state index is 13.1. The number of amides is 1. The number of nitrogens with zero attached hydrogens (tertiary/aromatic N) is 2. The van der Waals surface area contributed by atoms with Crippen LogP contribution < -0.4 is 5.73 Å². The number of nitrogens with two attached hydrogens (primary N) is 1. The summed E-state index contributed by atoms with van der Waals surface area (Å²) < 4.78 is 2.16. The van der Waals surface area contributed by atoms with Gasteiger partial charge in [-0.3, -0.25) is 4.79 Å². The third kappa shape index (κ3) is 2.50. The van der Waals surface area contributed by atoms with E-state index < -0.39 is 0 Å². The van der Waals surface area contributed by atoms with E-state index in [0.29, 0.717) is 12.5 Å². The highest BCUT2D eigenvalue weighted by atomic mass is 16.2. The first-order chi connectivity index (χ1) is 10.2. The molecule has 0 spiro atoms. The number of hydrogen-bond donors (Lipinski definition) is 1. The fourth-order valence-corrected chi connectivity index (χ4v) is 3.89. The average Bonchev–Trinajstić information content (AvgIpc) is 2.72. The summed E-state index contributed by atoms with van der Waals surface area (Å²) in [7, 11) is 2.07. The van der Waals surface area contributed by atoms with Crippen molar-refractivity contribution in [3.63, 3.8) is 0 Å². The van der Waals surface area contributed by atoms with E-state index in [1.807, 2.05) is 0 Å². The van der Waals surface area contributed by atoms with Gasteiger partial charge in [-0.2, -0.15) is 0 Å². The minimum absolute atomic E-state index is 0.226. The van der Waals surface area contributed by atoms with Crippen molar-refractivity contribution < 1.29 is 4.79 Å². The number of likely N-dealkylation sites (tertiary alicyclic amines) is 1. The molecule has 2 fully saturated rings. The third-order valence-corrected chi connectivity index (χ3v) is 5.49. The monoisotopic (exact) mass is 289 g/mol. The van der Waals surface area contributed by atoms with E-state index in [-0.39, 0.29) is 11.5 Å². The Labute approximate surface area is 127 Å². The van der Waals surface area contributed by atoms with Crippen molar-refractivity contribution in [2.24, 2.45) is 18.2 Å². The molecule has 2 aliphatic rings.